The van der Waals surface area contributed by atoms with E-state index in [1.165, 1.54) is 12.1 Å². The number of hydrogen-bond donors (Lipinski definition) is 1. The Bertz CT molecular complexity index is 1060. The first kappa shape index (κ1) is 29.8. The first-order valence-electron chi connectivity index (χ1n) is 13.1. The van der Waals surface area contributed by atoms with Crippen molar-refractivity contribution >= 4 is 0 Å². The molecule has 2 aliphatic rings. The highest BCUT2D eigenvalue weighted by molar-refractivity contribution is 5.34. The van der Waals surface area contributed by atoms with E-state index in [0.29, 0.717) is 38.0 Å². The number of halogens is 7. The van der Waals surface area contributed by atoms with Crippen molar-refractivity contribution in [2.45, 2.75) is 69.3 Å². The molecule has 4 rings (SSSR count). The lowest BCUT2D eigenvalue weighted by Gasteiger charge is -2.48. The summed E-state index contributed by atoms with van der Waals surface area (Å²) in [4.78, 5) is 2.29. The Kier molecular flexibility index (Phi) is 9.25. The fraction of sp³-hybridized carbons (Fsp3) is 0.571. The molecule has 4 nitrogen and oxygen atoms in total. The highest BCUT2D eigenvalue weighted by Gasteiger charge is 2.44. The number of piperidine rings is 1. The van der Waals surface area contributed by atoms with Gasteiger partial charge in [-0.2, -0.15) is 26.3 Å². The third kappa shape index (κ3) is 7.31. The van der Waals surface area contributed by atoms with Crippen LogP contribution in [0.3, 0.4) is 0 Å². The monoisotopic (exact) mass is 563 g/mol. The fourth-order valence-electron chi connectivity index (χ4n) is 5.80. The number of alkyl halides is 6. The lowest BCUT2D eigenvalue weighted by molar-refractivity contribution is -0.196. The van der Waals surface area contributed by atoms with Gasteiger partial charge in [-0.15, -0.1) is 0 Å². The van der Waals surface area contributed by atoms with E-state index in [0.717, 1.165) is 18.7 Å². The molecule has 0 aromatic heterocycles. The van der Waals surface area contributed by atoms with E-state index in [2.05, 4.69) is 4.90 Å². The number of nitrogens with zero attached hydrogens (tertiary/aromatic N) is 1. The number of rotatable bonds is 7. The Hall–Kier alpha value is -2.21. The van der Waals surface area contributed by atoms with Gasteiger partial charge in [-0.1, -0.05) is 19.1 Å². The Balaban J connectivity index is 1.57. The molecule has 39 heavy (non-hydrogen) atoms. The topological polar surface area (TPSA) is 41.9 Å². The molecule has 3 unspecified atom stereocenters. The van der Waals surface area contributed by atoms with Crippen molar-refractivity contribution in [1.29, 1.82) is 0 Å². The molecule has 216 valence electrons. The van der Waals surface area contributed by atoms with E-state index in [1.54, 1.807) is 12.1 Å². The molecule has 2 saturated heterocycles. The molecular weight excluding hydrogens is 531 g/mol. The lowest BCUT2D eigenvalue weighted by Crippen LogP contribution is -2.53. The van der Waals surface area contributed by atoms with Gasteiger partial charge in [-0.05, 0) is 79.6 Å². The van der Waals surface area contributed by atoms with Gasteiger partial charge in [0.25, 0.3) is 0 Å². The predicted molar refractivity (Wildman–Crippen MR) is 129 cm³/mol. The number of hydrogen-bond acceptors (Lipinski definition) is 4. The third-order valence-corrected chi connectivity index (χ3v) is 7.70. The summed E-state index contributed by atoms with van der Waals surface area (Å²) in [6.07, 6.45) is -9.51. The summed E-state index contributed by atoms with van der Waals surface area (Å²) in [6.45, 7) is 3.68. The Morgan fingerprint density at radius 3 is 2.21 bits per heavy atom. The van der Waals surface area contributed by atoms with Crippen molar-refractivity contribution in [3.05, 3.63) is 70.5 Å². The van der Waals surface area contributed by atoms with Gasteiger partial charge in [0.1, 0.15) is 5.82 Å². The zero-order valence-electron chi connectivity index (χ0n) is 21.4. The number of aliphatic hydroxyl groups excluding tert-OH is 1. The fourth-order valence-corrected chi connectivity index (χ4v) is 5.80. The van der Waals surface area contributed by atoms with Crippen LogP contribution < -0.4 is 0 Å². The van der Waals surface area contributed by atoms with Crippen molar-refractivity contribution < 1.29 is 45.3 Å². The van der Waals surface area contributed by atoms with Crippen LogP contribution in [0.25, 0.3) is 0 Å². The van der Waals surface area contributed by atoms with Crippen molar-refractivity contribution in [2.75, 3.05) is 26.3 Å². The molecule has 0 spiro atoms. The van der Waals surface area contributed by atoms with Crippen LogP contribution in [0.5, 0.6) is 0 Å². The molecule has 0 aliphatic carbocycles. The Morgan fingerprint density at radius 2 is 1.62 bits per heavy atom. The van der Waals surface area contributed by atoms with Gasteiger partial charge in [0.15, 0.2) is 6.29 Å². The second kappa shape index (κ2) is 12.1. The maximum Gasteiger partial charge on any atom is 0.416 e. The summed E-state index contributed by atoms with van der Waals surface area (Å²) in [7, 11) is 0. The summed E-state index contributed by atoms with van der Waals surface area (Å²) in [5, 5.41) is 10.4. The van der Waals surface area contributed by atoms with Crippen LogP contribution in [0, 0.1) is 11.7 Å². The molecule has 2 aromatic rings. The summed E-state index contributed by atoms with van der Waals surface area (Å²) in [5.74, 6) is -0.830. The average molecular weight is 564 g/mol. The molecule has 2 fully saturated rings. The van der Waals surface area contributed by atoms with Crippen LogP contribution in [0.2, 0.25) is 0 Å². The van der Waals surface area contributed by atoms with Crippen molar-refractivity contribution in [3.8, 4) is 0 Å². The SMILES string of the molecule is CCN1CCC(O)CC1C1CCO[C@@H](OCCc2cc(C(F)(F)F)cc(C(F)(F)F)c2)[C@H]1c1ccc(F)cc1. The normalized spacial score (nSPS) is 27.1. The van der Waals surface area contributed by atoms with Crippen LogP contribution in [-0.4, -0.2) is 54.7 Å². The van der Waals surface area contributed by atoms with Crippen LogP contribution in [0.4, 0.5) is 30.7 Å². The van der Waals surface area contributed by atoms with E-state index in [4.69, 9.17) is 9.47 Å². The van der Waals surface area contributed by atoms with Gasteiger partial charge < -0.3 is 19.5 Å². The summed E-state index contributed by atoms with van der Waals surface area (Å²) in [5.41, 5.74) is -2.15. The first-order chi connectivity index (χ1) is 18.4. The van der Waals surface area contributed by atoms with E-state index < -0.39 is 41.7 Å². The van der Waals surface area contributed by atoms with Gasteiger partial charge in [-0.25, -0.2) is 4.39 Å². The molecule has 0 amide bonds. The van der Waals surface area contributed by atoms with E-state index >= 15 is 0 Å². The maximum atomic E-state index is 13.7. The van der Waals surface area contributed by atoms with Gasteiger partial charge in [0, 0.05) is 18.5 Å². The third-order valence-electron chi connectivity index (χ3n) is 7.70. The molecule has 0 saturated carbocycles. The van der Waals surface area contributed by atoms with Gasteiger partial charge >= 0.3 is 12.4 Å². The quantitative estimate of drug-likeness (QED) is 0.395. The zero-order chi connectivity index (χ0) is 28.4. The lowest BCUT2D eigenvalue weighted by atomic mass is 9.74. The highest BCUT2D eigenvalue weighted by atomic mass is 19.4. The predicted octanol–water partition coefficient (Wildman–Crippen LogP) is 6.41. The Morgan fingerprint density at radius 1 is 0.974 bits per heavy atom. The van der Waals surface area contributed by atoms with Crippen molar-refractivity contribution in [3.63, 3.8) is 0 Å². The smallest absolute Gasteiger partial charge is 0.393 e. The average Bonchev–Trinajstić information content (AvgIpc) is 2.88. The molecule has 0 bridgehead atoms. The first-order valence-corrected chi connectivity index (χ1v) is 13.1. The number of likely N-dealkylation sites (tertiary alicyclic amines) is 1. The molecule has 0 radical (unpaired) electrons. The van der Waals surface area contributed by atoms with E-state index in [-0.39, 0.29) is 42.5 Å². The molecule has 5 atom stereocenters. The highest BCUT2D eigenvalue weighted by Crippen LogP contribution is 2.43. The molecule has 2 heterocycles. The molecule has 2 aromatic carbocycles. The minimum atomic E-state index is -4.93. The number of benzene rings is 2. The van der Waals surface area contributed by atoms with Gasteiger partial charge in [0.05, 0.1) is 30.4 Å². The second-order valence-corrected chi connectivity index (χ2v) is 10.2. The zero-order valence-corrected chi connectivity index (χ0v) is 21.4. The summed E-state index contributed by atoms with van der Waals surface area (Å²) < 4.78 is 105. The standard InChI is InChI=1S/C28H32F7NO3/c1-2-36-10-7-22(37)16-24(36)23-9-12-39-26(25(23)18-3-5-21(29)6-4-18)38-11-8-17-13-19(27(30,31)32)15-20(14-17)28(33,34)35/h3-6,13-15,22-26,37H,2,7-12,16H2,1H3/t22?,23?,24?,25-,26+/m0/s1. The molecule has 1 N–H and O–H groups in total. The molecule has 2 aliphatic heterocycles. The Labute approximate surface area is 222 Å². The number of aliphatic hydroxyl groups is 1. The number of ether oxygens (including phenoxy) is 2. The van der Waals surface area contributed by atoms with Crippen LogP contribution in [-0.2, 0) is 28.2 Å². The minimum Gasteiger partial charge on any atom is -0.393 e. The van der Waals surface area contributed by atoms with Crippen LogP contribution in [0.1, 0.15) is 54.4 Å². The van der Waals surface area contributed by atoms with Crippen molar-refractivity contribution in [2.24, 2.45) is 5.92 Å². The second-order valence-electron chi connectivity index (χ2n) is 10.2. The molecular formula is C28H32F7NO3. The van der Waals surface area contributed by atoms with E-state index in [9.17, 15) is 35.8 Å². The van der Waals surface area contributed by atoms with E-state index in [1.807, 2.05) is 6.92 Å². The summed E-state index contributed by atoms with van der Waals surface area (Å²) in [6, 6.07) is 7.42. The van der Waals surface area contributed by atoms with Crippen LogP contribution >= 0.6 is 0 Å². The van der Waals surface area contributed by atoms with Crippen LogP contribution in [0.15, 0.2) is 42.5 Å². The largest absolute Gasteiger partial charge is 0.416 e. The maximum absolute atomic E-state index is 13.7. The van der Waals surface area contributed by atoms with Gasteiger partial charge in [0.2, 0.25) is 0 Å². The molecule has 11 heteroatoms. The van der Waals surface area contributed by atoms with Gasteiger partial charge in [-0.3, -0.25) is 0 Å². The summed E-state index contributed by atoms with van der Waals surface area (Å²) >= 11 is 0. The minimum absolute atomic E-state index is 0.00149. The van der Waals surface area contributed by atoms with Crippen molar-refractivity contribution in [1.82, 2.24) is 4.90 Å².